The summed E-state index contributed by atoms with van der Waals surface area (Å²) in [7, 11) is 0. The molecular weight excluding hydrogens is 652 g/mol. The molecule has 2 aromatic carbocycles. The summed E-state index contributed by atoms with van der Waals surface area (Å²) in [6.45, 7) is 7.85. The van der Waals surface area contributed by atoms with Crippen molar-refractivity contribution in [1.29, 1.82) is 0 Å². The highest BCUT2D eigenvalue weighted by Crippen LogP contribution is 2.46. The van der Waals surface area contributed by atoms with Crippen LogP contribution in [-0.4, -0.2) is 29.6 Å². The second kappa shape index (κ2) is 15.2. The van der Waals surface area contributed by atoms with Crippen molar-refractivity contribution in [2.45, 2.75) is 90.9 Å². The minimum Gasteiger partial charge on any atom is -0.466 e. The van der Waals surface area contributed by atoms with Crippen LogP contribution in [0.3, 0.4) is 0 Å². The first-order valence-corrected chi connectivity index (χ1v) is 16.3. The number of carbonyl (C=O) groups excluding carboxylic acids is 2. The van der Waals surface area contributed by atoms with Gasteiger partial charge in [-0.15, -0.1) is 0 Å². The molecule has 1 heterocycles. The van der Waals surface area contributed by atoms with Crippen molar-refractivity contribution in [2.24, 2.45) is 11.7 Å². The number of hydrogen-bond donors (Lipinski definition) is 2. The van der Waals surface area contributed by atoms with Crippen molar-refractivity contribution in [3.63, 3.8) is 0 Å². The van der Waals surface area contributed by atoms with Gasteiger partial charge in [0.25, 0.3) is 5.56 Å². The molecule has 266 valence electrons. The molecule has 3 aromatic rings. The van der Waals surface area contributed by atoms with Gasteiger partial charge in [0.2, 0.25) is 5.91 Å². The van der Waals surface area contributed by atoms with E-state index in [4.69, 9.17) is 10.5 Å². The topological polar surface area (TPSA) is 103 Å². The highest BCUT2D eigenvalue weighted by molar-refractivity contribution is 5.82. The van der Waals surface area contributed by atoms with E-state index in [1.807, 2.05) is 0 Å². The first-order chi connectivity index (χ1) is 23.0. The lowest BCUT2D eigenvalue weighted by Gasteiger charge is -2.27. The van der Waals surface area contributed by atoms with Crippen LogP contribution in [0.5, 0.6) is 0 Å². The summed E-state index contributed by atoms with van der Waals surface area (Å²) in [5, 5.41) is 2.54. The van der Waals surface area contributed by atoms with Crippen molar-refractivity contribution in [1.82, 2.24) is 9.88 Å². The lowest BCUT2D eigenvalue weighted by Crippen LogP contribution is -2.41. The molecule has 1 aromatic heterocycles. The highest BCUT2D eigenvalue weighted by atomic mass is 19.4. The number of benzene rings is 2. The third-order valence-electron chi connectivity index (χ3n) is 8.71. The summed E-state index contributed by atoms with van der Waals surface area (Å²) in [4.78, 5) is 40.1. The van der Waals surface area contributed by atoms with E-state index in [0.717, 1.165) is 10.8 Å². The molecule has 0 radical (unpaired) electrons. The smallest absolute Gasteiger partial charge is 0.416 e. The van der Waals surface area contributed by atoms with Crippen molar-refractivity contribution < 1.29 is 40.7 Å². The number of nitrogens with zero attached hydrogens (tertiary/aromatic N) is 1. The molecule has 0 bridgehead atoms. The fraction of sp³-hybridized carbons (Fsp3) is 0.472. The molecule has 0 aliphatic heterocycles. The van der Waals surface area contributed by atoms with Gasteiger partial charge in [-0.1, -0.05) is 19.9 Å². The lowest BCUT2D eigenvalue weighted by atomic mass is 9.88. The van der Waals surface area contributed by atoms with Crippen LogP contribution in [0.15, 0.2) is 35.3 Å². The van der Waals surface area contributed by atoms with Gasteiger partial charge < -0.3 is 20.4 Å². The number of carbonyl (C=O) groups is 2. The van der Waals surface area contributed by atoms with E-state index >= 15 is 8.78 Å². The molecule has 1 fully saturated rings. The van der Waals surface area contributed by atoms with Crippen LogP contribution in [0.2, 0.25) is 0 Å². The normalized spacial score (nSPS) is 14.6. The minimum absolute atomic E-state index is 0.0503. The van der Waals surface area contributed by atoms with Crippen LogP contribution >= 0.6 is 0 Å². The third-order valence-corrected chi connectivity index (χ3v) is 8.71. The predicted molar refractivity (Wildman–Crippen MR) is 172 cm³/mol. The fourth-order valence-electron chi connectivity index (χ4n) is 6.22. The number of halogens is 6. The summed E-state index contributed by atoms with van der Waals surface area (Å²) in [5.74, 6) is -5.11. The maximum atomic E-state index is 16.8. The Morgan fingerprint density at radius 3 is 2.33 bits per heavy atom. The van der Waals surface area contributed by atoms with Gasteiger partial charge in [-0.25, -0.2) is 13.2 Å². The molecule has 13 heteroatoms. The zero-order valence-corrected chi connectivity index (χ0v) is 28.1. The monoisotopic (exact) mass is 693 g/mol. The number of pyridine rings is 1. The maximum absolute atomic E-state index is 16.8. The summed E-state index contributed by atoms with van der Waals surface area (Å²) in [5.41, 5.74) is 3.16. The largest absolute Gasteiger partial charge is 0.466 e. The molecule has 1 amide bonds. The second-order valence-electron chi connectivity index (χ2n) is 12.9. The van der Waals surface area contributed by atoms with E-state index in [1.54, 1.807) is 20.8 Å². The zero-order valence-electron chi connectivity index (χ0n) is 28.1. The summed E-state index contributed by atoms with van der Waals surface area (Å²) in [6.07, 6.45) is -3.72. The van der Waals surface area contributed by atoms with Gasteiger partial charge in [0.15, 0.2) is 0 Å². The Hall–Kier alpha value is -4.13. The van der Waals surface area contributed by atoms with Gasteiger partial charge in [0.1, 0.15) is 23.5 Å². The molecule has 3 N–H and O–H groups in total. The van der Waals surface area contributed by atoms with E-state index < -0.39 is 70.7 Å². The van der Waals surface area contributed by atoms with Crippen molar-refractivity contribution >= 4 is 11.9 Å². The summed E-state index contributed by atoms with van der Waals surface area (Å²) in [6, 6.07) is 1.34. The number of amides is 1. The van der Waals surface area contributed by atoms with Crippen LogP contribution in [0.1, 0.15) is 97.8 Å². The molecule has 1 aliphatic carbocycles. The Morgan fingerprint density at radius 1 is 1.08 bits per heavy atom. The molecule has 1 aliphatic rings. The molecule has 1 unspecified atom stereocenters. The number of aromatic nitrogens is 1. The SMILES string of the molecule is CCOC(=O)C[C@H](NC(=O)C(CC(C)C)n1cc(CCN)c(C(F)(F)F)cc1=O)c1c(F)c(-c2c(C)ccc(F)c2C)cc(C2CC2)c1F. The van der Waals surface area contributed by atoms with E-state index in [-0.39, 0.29) is 65.6 Å². The van der Waals surface area contributed by atoms with Crippen molar-refractivity contribution in [3.05, 3.63) is 91.6 Å². The molecule has 1 saturated carbocycles. The summed E-state index contributed by atoms with van der Waals surface area (Å²) >= 11 is 0. The van der Waals surface area contributed by atoms with Gasteiger partial charge in [-0.2, -0.15) is 13.2 Å². The molecule has 4 rings (SSSR count). The first-order valence-electron chi connectivity index (χ1n) is 16.3. The predicted octanol–water partition coefficient (Wildman–Crippen LogP) is 7.34. The number of hydrogen-bond acceptors (Lipinski definition) is 5. The van der Waals surface area contributed by atoms with E-state index in [2.05, 4.69) is 5.32 Å². The first kappa shape index (κ1) is 37.7. The van der Waals surface area contributed by atoms with Crippen LogP contribution in [0.25, 0.3) is 11.1 Å². The third kappa shape index (κ3) is 8.37. The molecule has 2 atom stereocenters. The van der Waals surface area contributed by atoms with Gasteiger partial charge >= 0.3 is 12.1 Å². The zero-order chi connectivity index (χ0) is 36.4. The van der Waals surface area contributed by atoms with Gasteiger partial charge in [-0.05, 0) is 105 Å². The van der Waals surface area contributed by atoms with Gasteiger partial charge in [0, 0.05) is 23.4 Å². The minimum atomic E-state index is -4.86. The Bertz CT molecular complexity index is 1780. The van der Waals surface area contributed by atoms with E-state index in [9.17, 15) is 31.9 Å². The molecule has 0 spiro atoms. The van der Waals surface area contributed by atoms with Crippen LogP contribution < -0.4 is 16.6 Å². The van der Waals surface area contributed by atoms with Crippen molar-refractivity contribution in [3.8, 4) is 11.1 Å². The molecule has 49 heavy (non-hydrogen) atoms. The van der Waals surface area contributed by atoms with Crippen LogP contribution in [0, 0.1) is 37.2 Å². The molecule has 0 saturated heterocycles. The maximum Gasteiger partial charge on any atom is 0.416 e. The number of esters is 1. The Morgan fingerprint density at radius 2 is 1.76 bits per heavy atom. The van der Waals surface area contributed by atoms with E-state index in [0.29, 0.717) is 24.5 Å². The summed E-state index contributed by atoms with van der Waals surface area (Å²) < 4.78 is 95.3. The lowest BCUT2D eigenvalue weighted by molar-refractivity contribution is -0.144. The number of aryl methyl sites for hydroxylation is 1. The average molecular weight is 694 g/mol. The van der Waals surface area contributed by atoms with Crippen LogP contribution in [-0.2, 0) is 26.9 Å². The highest BCUT2D eigenvalue weighted by Gasteiger charge is 2.38. The molecular formula is C36H41F6N3O4. The van der Waals surface area contributed by atoms with Gasteiger partial charge in [0.05, 0.1) is 24.6 Å². The average Bonchev–Trinajstić information content (AvgIpc) is 3.85. The second-order valence-corrected chi connectivity index (χ2v) is 12.9. The number of nitrogens with two attached hydrogens (primary N) is 1. The number of rotatable bonds is 13. The number of ether oxygens (including phenoxy) is 1. The number of nitrogens with one attached hydrogen (secondary N) is 1. The molecule has 7 nitrogen and oxygen atoms in total. The van der Waals surface area contributed by atoms with Gasteiger partial charge in [-0.3, -0.25) is 14.4 Å². The Kier molecular flexibility index (Phi) is 11.7. The fourth-order valence-corrected chi connectivity index (χ4v) is 6.22. The Balaban J connectivity index is 1.91. The quantitative estimate of drug-likeness (QED) is 0.144. The number of alkyl halides is 3. The van der Waals surface area contributed by atoms with Crippen molar-refractivity contribution in [2.75, 3.05) is 13.2 Å². The Labute approximate surface area is 280 Å². The van der Waals surface area contributed by atoms with E-state index in [1.165, 1.54) is 32.0 Å². The van der Waals surface area contributed by atoms with Crippen LogP contribution in [0.4, 0.5) is 26.3 Å². The standard InChI is InChI=1S/C36H41F6N3O4/c1-6-49-30(47)16-27(32-33(38)23(21-8-9-21)14-24(34(32)39)31-19(4)7-10-26(37)20(31)5)44-35(48)28(13-18(2)3)45-17-22(11-12-43)25(15-29(45)46)36(40,41)42/h7,10,14-15,17-18,21,27-28H,6,8-9,11-13,16,43H2,1-5H3,(H,44,48)/t27-,28?/m0/s1.